The van der Waals surface area contributed by atoms with E-state index in [2.05, 4.69) is 17.0 Å². The average Bonchev–Trinajstić information content (AvgIpc) is 2.70. The summed E-state index contributed by atoms with van der Waals surface area (Å²) in [6.45, 7) is 2.30. The SMILES string of the molecule is O=C(O)CN(Cc1ccc(F)cc1)C(=O)C1CCN(Cc2ccccc2)CC1. The molecule has 0 radical (unpaired) electrons. The molecule has 0 spiro atoms. The average molecular weight is 384 g/mol. The zero-order valence-electron chi connectivity index (χ0n) is 15.8. The molecule has 1 N–H and O–H groups in total. The fraction of sp³-hybridized carbons (Fsp3) is 0.364. The van der Waals surface area contributed by atoms with Gasteiger partial charge in [-0.15, -0.1) is 0 Å². The highest BCUT2D eigenvalue weighted by Gasteiger charge is 2.29. The highest BCUT2D eigenvalue weighted by molar-refractivity contribution is 5.83. The maximum absolute atomic E-state index is 13.1. The minimum atomic E-state index is -1.04. The van der Waals surface area contributed by atoms with E-state index >= 15 is 0 Å². The topological polar surface area (TPSA) is 60.9 Å². The zero-order chi connectivity index (χ0) is 19.9. The van der Waals surface area contributed by atoms with E-state index in [0.717, 1.165) is 25.2 Å². The van der Waals surface area contributed by atoms with Crippen molar-refractivity contribution >= 4 is 11.9 Å². The second-order valence-corrected chi connectivity index (χ2v) is 7.25. The minimum Gasteiger partial charge on any atom is -0.480 e. The molecule has 28 heavy (non-hydrogen) atoms. The van der Waals surface area contributed by atoms with Crippen molar-refractivity contribution in [2.45, 2.75) is 25.9 Å². The van der Waals surface area contributed by atoms with Crippen molar-refractivity contribution in [2.24, 2.45) is 5.92 Å². The third-order valence-electron chi connectivity index (χ3n) is 5.11. The minimum absolute atomic E-state index is 0.133. The summed E-state index contributed by atoms with van der Waals surface area (Å²) in [5, 5.41) is 9.20. The highest BCUT2D eigenvalue weighted by Crippen LogP contribution is 2.22. The van der Waals surface area contributed by atoms with Crippen molar-refractivity contribution in [3.05, 3.63) is 71.5 Å². The Morgan fingerprint density at radius 3 is 2.25 bits per heavy atom. The number of nitrogens with zero attached hydrogens (tertiary/aromatic N) is 2. The van der Waals surface area contributed by atoms with E-state index < -0.39 is 5.97 Å². The lowest BCUT2D eigenvalue weighted by atomic mass is 9.94. The largest absolute Gasteiger partial charge is 0.480 e. The van der Waals surface area contributed by atoms with Crippen molar-refractivity contribution in [1.29, 1.82) is 0 Å². The first-order chi connectivity index (χ1) is 13.5. The quantitative estimate of drug-likeness (QED) is 0.797. The maximum atomic E-state index is 13.1. The van der Waals surface area contributed by atoms with Crippen LogP contribution < -0.4 is 0 Å². The van der Waals surface area contributed by atoms with E-state index in [1.54, 1.807) is 12.1 Å². The van der Waals surface area contributed by atoms with Crippen molar-refractivity contribution in [3.8, 4) is 0 Å². The smallest absolute Gasteiger partial charge is 0.323 e. The van der Waals surface area contributed by atoms with Gasteiger partial charge in [0, 0.05) is 19.0 Å². The number of carbonyl (C=O) groups is 2. The van der Waals surface area contributed by atoms with Gasteiger partial charge in [0.1, 0.15) is 12.4 Å². The number of rotatable bonds is 7. The molecule has 1 amide bonds. The van der Waals surface area contributed by atoms with Gasteiger partial charge in [0.2, 0.25) is 5.91 Å². The van der Waals surface area contributed by atoms with E-state index in [-0.39, 0.29) is 30.7 Å². The number of carboxylic acids is 1. The Kier molecular flexibility index (Phi) is 6.76. The van der Waals surface area contributed by atoms with Gasteiger partial charge in [0.05, 0.1) is 0 Å². The Bertz CT molecular complexity index is 787. The zero-order valence-corrected chi connectivity index (χ0v) is 15.8. The Hall–Kier alpha value is -2.73. The Labute approximate surface area is 164 Å². The van der Waals surface area contributed by atoms with E-state index in [4.69, 9.17) is 0 Å². The van der Waals surface area contributed by atoms with Crippen LogP contribution in [0.3, 0.4) is 0 Å². The number of carbonyl (C=O) groups excluding carboxylic acids is 1. The molecule has 1 aliphatic heterocycles. The van der Waals surface area contributed by atoms with Gasteiger partial charge in [-0.2, -0.15) is 0 Å². The molecule has 0 atom stereocenters. The number of aliphatic carboxylic acids is 1. The molecule has 1 fully saturated rings. The lowest BCUT2D eigenvalue weighted by Crippen LogP contribution is -2.43. The van der Waals surface area contributed by atoms with Crippen LogP contribution in [0.1, 0.15) is 24.0 Å². The Balaban J connectivity index is 1.58. The second kappa shape index (κ2) is 9.46. The summed E-state index contributed by atoms with van der Waals surface area (Å²) in [6.07, 6.45) is 1.43. The van der Waals surface area contributed by atoms with Crippen LogP contribution in [0, 0.1) is 11.7 Å². The second-order valence-electron chi connectivity index (χ2n) is 7.25. The molecule has 0 unspecified atom stereocenters. The van der Waals surface area contributed by atoms with Gasteiger partial charge in [0.15, 0.2) is 0 Å². The number of benzene rings is 2. The summed E-state index contributed by atoms with van der Waals surface area (Å²) in [6, 6.07) is 16.0. The molecule has 0 aliphatic carbocycles. The van der Waals surface area contributed by atoms with Crippen LogP contribution in [-0.4, -0.2) is 46.4 Å². The monoisotopic (exact) mass is 384 g/mol. The molecular weight excluding hydrogens is 359 g/mol. The summed E-state index contributed by atoms with van der Waals surface area (Å²) < 4.78 is 13.1. The van der Waals surface area contributed by atoms with Crippen LogP contribution in [0.25, 0.3) is 0 Å². The molecule has 1 heterocycles. The van der Waals surface area contributed by atoms with Gasteiger partial charge in [0.25, 0.3) is 0 Å². The summed E-state index contributed by atoms with van der Waals surface area (Å²) in [7, 11) is 0. The number of piperidine rings is 1. The van der Waals surface area contributed by atoms with Gasteiger partial charge >= 0.3 is 5.97 Å². The standard InChI is InChI=1S/C22H25FN2O3/c23-20-8-6-18(7-9-20)15-25(16-21(26)27)22(28)19-10-12-24(13-11-19)14-17-4-2-1-3-5-17/h1-9,19H,10-16H2,(H,26,27). The molecule has 6 heteroatoms. The number of hydrogen-bond acceptors (Lipinski definition) is 3. The van der Waals surface area contributed by atoms with Crippen molar-refractivity contribution < 1.29 is 19.1 Å². The molecular formula is C22H25FN2O3. The predicted molar refractivity (Wildman–Crippen MR) is 104 cm³/mol. The molecule has 1 saturated heterocycles. The number of carboxylic acid groups (broad SMARTS) is 1. The number of halogens is 1. The van der Waals surface area contributed by atoms with E-state index in [0.29, 0.717) is 12.8 Å². The van der Waals surface area contributed by atoms with E-state index in [1.807, 2.05) is 18.2 Å². The molecule has 3 rings (SSSR count). The van der Waals surface area contributed by atoms with Gasteiger partial charge < -0.3 is 10.0 Å². The third kappa shape index (κ3) is 5.63. The van der Waals surface area contributed by atoms with Crippen LogP contribution in [-0.2, 0) is 22.7 Å². The fourth-order valence-electron chi connectivity index (χ4n) is 3.62. The van der Waals surface area contributed by atoms with Crippen LogP contribution in [0.15, 0.2) is 54.6 Å². The molecule has 1 aliphatic rings. The summed E-state index contributed by atoms with van der Waals surface area (Å²) in [4.78, 5) is 27.9. The van der Waals surface area contributed by atoms with Gasteiger partial charge in [-0.05, 0) is 49.2 Å². The summed E-state index contributed by atoms with van der Waals surface area (Å²) in [5.41, 5.74) is 1.97. The lowest BCUT2D eigenvalue weighted by molar-refractivity contribution is -0.147. The van der Waals surface area contributed by atoms with Gasteiger partial charge in [-0.25, -0.2) is 4.39 Å². The van der Waals surface area contributed by atoms with Crippen LogP contribution in [0.5, 0.6) is 0 Å². The molecule has 0 aromatic heterocycles. The predicted octanol–water partition coefficient (Wildman–Crippen LogP) is 3.15. The third-order valence-corrected chi connectivity index (χ3v) is 5.11. The molecule has 148 valence electrons. The van der Waals surface area contributed by atoms with Crippen molar-refractivity contribution in [2.75, 3.05) is 19.6 Å². The first-order valence-electron chi connectivity index (χ1n) is 9.52. The van der Waals surface area contributed by atoms with Crippen LogP contribution >= 0.6 is 0 Å². The van der Waals surface area contributed by atoms with Crippen molar-refractivity contribution in [1.82, 2.24) is 9.80 Å². The maximum Gasteiger partial charge on any atom is 0.323 e. The van der Waals surface area contributed by atoms with Crippen LogP contribution in [0.4, 0.5) is 4.39 Å². The van der Waals surface area contributed by atoms with Gasteiger partial charge in [-0.3, -0.25) is 14.5 Å². The molecule has 5 nitrogen and oxygen atoms in total. The Morgan fingerprint density at radius 2 is 1.64 bits per heavy atom. The summed E-state index contributed by atoms with van der Waals surface area (Å²) in [5.74, 6) is -1.71. The lowest BCUT2D eigenvalue weighted by Gasteiger charge is -2.34. The molecule has 0 bridgehead atoms. The fourth-order valence-corrected chi connectivity index (χ4v) is 3.62. The van der Waals surface area contributed by atoms with Crippen molar-refractivity contribution in [3.63, 3.8) is 0 Å². The highest BCUT2D eigenvalue weighted by atomic mass is 19.1. The first kappa shape index (κ1) is 20.0. The molecule has 2 aromatic carbocycles. The van der Waals surface area contributed by atoms with E-state index in [1.165, 1.54) is 22.6 Å². The normalized spacial score (nSPS) is 15.3. The van der Waals surface area contributed by atoms with Gasteiger partial charge in [-0.1, -0.05) is 42.5 Å². The number of likely N-dealkylation sites (tertiary alicyclic amines) is 1. The number of amides is 1. The Morgan fingerprint density at radius 1 is 1.00 bits per heavy atom. The summed E-state index contributed by atoms with van der Waals surface area (Å²) >= 11 is 0. The van der Waals surface area contributed by atoms with E-state index in [9.17, 15) is 19.1 Å². The molecule has 2 aromatic rings. The van der Waals surface area contributed by atoms with Crippen LogP contribution in [0.2, 0.25) is 0 Å². The molecule has 0 saturated carbocycles. The first-order valence-corrected chi connectivity index (χ1v) is 9.52. The number of hydrogen-bond donors (Lipinski definition) is 1.